The van der Waals surface area contributed by atoms with Crippen LogP contribution >= 0.6 is 11.6 Å². The van der Waals surface area contributed by atoms with Crippen LogP contribution in [0, 0.1) is 6.92 Å². The van der Waals surface area contributed by atoms with Gasteiger partial charge in [0.25, 0.3) is 0 Å². The smallest absolute Gasteiger partial charge is 0.336 e. The maximum atomic E-state index is 11.9. The van der Waals surface area contributed by atoms with Gasteiger partial charge in [-0.15, -0.1) is 0 Å². The Kier molecular flexibility index (Phi) is 4.70. The van der Waals surface area contributed by atoms with E-state index in [1.165, 1.54) is 16.2 Å². The van der Waals surface area contributed by atoms with Crippen molar-refractivity contribution in [3.63, 3.8) is 0 Å². The van der Waals surface area contributed by atoms with Gasteiger partial charge in [-0.3, -0.25) is 0 Å². The van der Waals surface area contributed by atoms with E-state index in [0.717, 1.165) is 48.7 Å². The highest BCUT2D eigenvalue weighted by Crippen LogP contribution is 2.20. The maximum Gasteiger partial charge on any atom is 0.336 e. The first-order chi connectivity index (χ1) is 12.6. The number of rotatable bonds is 3. The molecule has 0 amide bonds. The number of hydrogen-bond donors (Lipinski definition) is 1. The van der Waals surface area contributed by atoms with Gasteiger partial charge in [0.15, 0.2) is 0 Å². The zero-order valence-electron chi connectivity index (χ0n) is 14.8. The van der Waals surface area contributed by atoms with E-state index in [1.807, 2.05) is 30.3 Å². The maximum absolute atomic E-state index is 11.9. The molecule has 0 bridgehead atoms. The van der Waals surface area contributed by atoms with Gasteiger partial charge >= 0.3 is 5.63 Å². The van der Waals surface area contributed by atoms with Gasteiger partial charge in [-0.25, -0.2) is 4.79 Å². The molecule has 26 heavy (non-hydrogen) atoms. The van der Waals surface area contributed by atoms with Crippen LogP contribution in [0.2, 0.25) is 5.02 Å². The lowest BCUT2D eigenvalue weighted by Gasteiger charge is -2.33. The fraction of sp³-hybridized carbons (Fsp3) is 0.286. The Hall–Kier alpha value is -2.30. The second kappa shape index (κ2) is 7.14. The number of nitrogens with one attached hydrogen (secondary N) is 1. The van der Waals surface area contributed by atoms with E-state index in [-0.39, 0.29) is 5.63 Å². The fourth-order valence-corrected chi connectivity index (χ4v) is 3.87. The van der Waals surface area contributed by atoms with Gasteiger partial charge < -0.3 is 14.2 Å². The molecule has 0 atom stereocenters. The summed E-state index contributed by atoms with van der Waals surface area (Å²) in [6, 6.07) is 15.6. The van der Waals surface area contributed by atoms with E-state index in [2.05, 4.69) is 24.0 Å². The quantitative estimate of drug-likeness (QED) is 0.721. The fourth-order valence-electron chi connectivity index (χ4n) is 3.69. The van der Waals surface area contributed by atoms with Crippen molar-refractivity contribution >= 4 is 28.3 Å². The van der Waals surface area contributed by atoms with E-state index in [4.69, 9.17) is 16.0 Å². The van der Waals surface area contributed by atoms with Crippen LogP contribution in [-0.2, 0) is 6.54 Å². The molecule has 0 spiro atoms. The van der Waals surface area contributed by atoms with Gasteiger partial charge in [0, 0.05) is 27.7 Å². The number of anilines is 1. The summed E-state index contributed by atoms with van der Waals surface area (Å²) in [7, 11) is 0. The summed E-state index contributed by atoms with van der Waals surface area (Å²) in [5.74, 6) is 0. The lowest BCUT2D eigenvalue weighted by molar-refractivity contribution is -0.914. The van der Waals surface area contributed by atoms with Crippen molar-refractivity contribution in [2.45, 2.75) is 13.5 Å². The van der Waals surface area contributed by atoms with Gasteiger partial charge in [0.1, 0.15) is 12.1 Å². The Morgan fingerprint density at radius 1 is 1.12 bits per heavy atom. The zero-order chi connectivity index (χ0) is 18.1. The molecule has 134 valence electrons. The Labute approximate surface area is 157 Å². The van der Waals surface area contributed by atoms with E-state index in [0.29, 0.717) is 5.58 Å². The lowest BCUT2D eigenvalue weighted by Crippen LogP contribution is -3.13. The van der Waals surface area contributed by atoms with Crippen LogP contribution in [0.5, 0.6) is 0 Å². The molecule has 0 saturated carbocycles. The first kappa shape index (κ1) is 17.1. The van der Waals surface area contributed by atoms with Gasteiger partial charge in [0.2, 0.25) is 0 Å². The molecule has 0 aliphatic carbocycles. The summed E-state index contributed by atoms with van der Waals surface area (Å²) in [5.41, 5.74) is 3.83. The van der Waals surface area contributed by atoms with Crippen molar-refractivity contribution in [2.24, 2.45) is 0 Å². The first-order valence-corrected chi connectivity index (χ1v) is 9.34. The van der Waals surface area contributed by atoms with Gasteiger partial charge in [-0.05, 0) is 37.3 Å². The van der Waals surface area contributed by atoms with Crippen molar-refractivity contribution in [2.75, 3.05) is 31.1 Å². The normalized spacial score (nSPS) is 15.5. The number of fused-ring (bicyclic) bond motifs is 1. The minimum absolute atomic E-state index is 0.270. The Bertz CT molecular complexity index is 991. The van der Waals surface area contributed by atoms with Crippen LogP contribution in [0.15, 0.2) is 57.7 Å². The summed E-state index contributed by atoms with van der Waals surface area (Å²) in [6.45, 7) is 6.92. The van der Waals surface area contributed by atoms with Crippen LogP contribution in [0.1, 0.15) is 11.1 Å². The molecular formula is C21H22ClN2O2+. The monoisotopic (exact) mass is 369 g/mol. The van der Waals surface area contributed by atoms with Gasteiger partial charge in [-0.1, -0.05) is 29.3 Å². The Balaban J connectivity index is 1.50. The number of benzene rings is 2. The summed E-state index contributed by atoms with van der Waals surface area (Å²) in [5, 5.41) is 1.82. The number of aryl methyl sites for hydroxylation is 1. The molecule has 2 aromatic carbocycles. The highest BCUT2D eigenvalue weighted by Gasteiger charge is 2.21. The first-order valence-electron chi connectivity index (χ1n) is 8.96. The van der Waals surface area contributed by atoms with Crippen molar-refractivity contribution in [3.8, 4) is 0 Å². The second-order valence-corrected chi connectivity index (χ2v) is 7.42. The molecule has 0 radical (unpaired) electrons. The minimum atomic E-state index is -0.270. The van der Waals surface area contributed by atoms with Crippen molar-refractivity contribution < 1.29 is 9.32 Å². The lowest BCUT2D eigenvalue weighted by atomic mass is 10.1. The molecule has 1 aliphatic heterocycles. The summed E-state index contributed by atoms with van der Waals surface area (Å²) < 4.78 is 5.35. The third-order valence-corrected chi connectivity index (χ3v) is 5.30. The van der Waals surface area contributed by atoms with E-state index >= 15 is 0 Å². The number of halogens is 1. The Morgan fingerprint density at radius 3 is 2.69 bits per heavy atom. The molecule has 4 rings (SSSR count). The molecule has 5 heteroatoms. The van der Waals surface area contributed by atoms with Crippen molar-refractivity contribution in [1.29, 1.82) is 0 Å². The molecule has 1 aliphatic rings. The Morgan fingerprint density at radius 2 is 1.92 bits per heavy atom. The largest absolute Gasteiger partial charge is 0.423 e. The standard InChI is InChI=1S/C21H21ClN2O2/c1-15-5-6-20-19(11-15)16(12-21(25)26-20)14-23-7-9-24(10-8-23)18-4-2-3-17(22)13-18/h2-6,11-13H,7-10,14H2,1H3/p+1. The molecule has 4 nitrogen and oxygen atoms in total. The highest BCUT2D eigenvalue weighted by molar-refractivity contribution is 6.30. The number of quaternary nitrogens is 1. The van der Waals surface area contributed by atoms with E-state index in [1.54, 1.807) is 6.07 Å². The summed E-state index contributed by atoms with van der Waals surface area (Å²) in [4.78, 5) is 15.8. The van der Waals surface area contributed by atoms with Crippen molar-refractivity contribution in [1.82, 2.24) is 0 Å². The van der Waals surface area contributed by atoms with Crippen LogP contribution in [0.25, 0.3) is 11.0 Å². The molecule has 3 aromatic rings. The van der Waals surface area contributed by atoms with E-state index < -0.39 is 0 Å². The van der Waals surface area contributed by atoms with Gasteiger partial charge in [0.05, 0.1) is 26.2 Å². The zero-order valence-corrected chi connectivity index (χ0v) is 15.6. The van der Waals surface area contributed by atoms with Crippen LogP contribution < -0.4 is 15.4 Å². The molecule has 0 unspecified atom stereocenters. The van der Waals surface area contributed by atoms with E-state index in [9.17, 15) is 4.79 Å². The number of nitrogens with zero attached hydrogens (tertiary/aromatic N) is 1. The SMILES string of the molecule is Cc1ccc2oc(=O)cc(C[NH+]3CCN(c4cccc(Cl)c4)CC3)c2c1. The number of hydrogen-bond acceptors (Lipinski definition) is 3. The molecule has 1 saturated heterocycles. The average molecular weight is 370 g/mol. The summed E-state index contributed by atoms with van der Waals surface area (Å²) in [6.07, 6.45) is 0. The minimum Gasteiger partial charge on any atom is -0.423 e. The second-order valence-electron chi connectivity index (χ2n) is 6.98. The highest BCUT2D eigenvalue weighted by atomic mass is 35.5. The molecule has 1 fully saturated rings. The van der Waals surface area contributed by atoms with Crippen LogP contribution in [0.3, 0.4) is 0 Å². The predicted molar refractivity (Wildman–Crippen MR) is 105 cm³/mol. The summed E-state index contributed by atoms with van der Waals surface area (Å²) >= 11 is 6.11. The third kappa shape index (κ3) is 3.62. The number of piperazine rings is 1. The van der Waals surface area contributed by atoms with Crippen LogP contribution in [0.4, 0.5) is 5.69 Å². The molecule has 2 heterocycles. The van der Waals surface area contributed by atoms with Crippen LogP contribution in [-0.4, -0.2) is 26.2 Å². The van der Waals surface area contributed by atoms with Gasteiger partial charge in [-0.2, -0.15) is 0 Å². The predicted octanol–water partition coefficient (Wildman–Crippen LogP) is 2.66. The molecule has 1 aromatic heterocycles. The van der Waals surface area contributed by atoms with Crippen molar-refractivity contribution in [3.05, 3.63) is 75.1 Å². The molecular weight excluding hydrogens is 348 g/mol. The third-order valence-electron chi connectivity index (χ3n) is 5.07. The molecule has 1 N–H and O–H groups in total. The average Bonchev–Trinajstić information content (AvgIpc) is 2.63. The topological polar surface area (TPSA) is 37.9 Å².